The number of carbonyl (C=O) groups is 1. The molecule has 0 saturated carbocycles. The van der Waals surface area contributed by atoms with E-state index in [0.29, 0.717) is 5.56 Å². The Morgan fingerprint density at radius 2 is 1.85 bits per heavy atom. The molecule has 1 amide bonds. The molecule has 0 fully saturated rings. The van der Waals surface area contributed by atoms with Gasteiger partial charge in [0.25, 0.3) is 5.91 Å². The van der Waals surface area contributed by atoms with Crippen LogP contribution in [0.2, 0.25) is 0 Å². The first-order valence-electron chi connectivity index (χ1n) is 8.83. The van der Waals surface area contributed by atoms with Gasteiger partial charge in [-0.25, -0.2) is 9.97 Å². The molecule has 0 spiro atoms. The van der Waals surface area contributed by atoms with Crippen LogP contribution >= 0.6 is 11.3 Å². The van der Waals surface area contributed by atoms with Gasteiger partial charge < -0.3 is 10.2 Å². The van der Waals surface area contributed by atoms with Gasteiger partial charge in [-0.05, 0) is 32.9 Å². The van der Waals surface area contributed by atoms with E-state index in [1.54, 1.807) is 29.7 Å². The molecule has 0 radical (unpaired) electrons. The van der Waals surface area contributed by atoms with E-state index in [2.05, 4.69) is 41.5 Å². The molecular weight excluding hydrogens is 356 g/mol. The predicted molar refractivity (Wildman–Crippen MR) is 111 cm³/mol. The normalized spacial score (nSPS) is 11.9. The summed E-state index contributed by atoms with van der Waals surface area (Å²) in [6, 6.07) is 11.7. The maximum Gasteiger partial charge on any atom is 0.251 e. The minimum atomic E-state index is -0.120. The van der Waals surface area contributed by atoms with E-state index in [1.807, 2.05) is 32.8 Å². The maximum atomic E-state index is 12.7. The van der Waals surface area contributed by atoms with Crippen molar-refractivity contribution in [3.05, 3.63) is 64.3 Å². The smallest absolute Gasteiger partial charge is 0.251 e. The number of hydrogen-bond acceptors (Lipinski definition) is 5. The third kappa shape index (κ3) is 4.34. The third-order valence-electron chi connectivity index (χ3n) is 4.34. The number of aryl methyl sites for hydroxylation is 2. The van der Waals surface area contributed by atoms with E-state index < -0.39 is 0 Å². The molecule has 0 aliphatic carbocycles. The number of aromatic nitrogens is 2. The van der Waals surface area contributed by atoms with Crippen molar-refractivity contribution in [1.29, 1.82) is 0 Å². The molecular formula is C21H24N4OS. The Hall–Kier alpha value is -2.73. The molecule has 6 heteroatoms. The summed E-state index contributed by atoms with van der Waals surface area (Å²) in [5, 5.41) is 4.05. The quantitative estimate of drug-likeness (QED) is 0.714. The van der Waals surface area contributed by atoms with E-state index in [-0.39, 0.29) is 11.9 Å². The molecule has 0 bridgehead atoms. The zero-order chi connectivity index (χ0) is 19.6. The number of carbonyl (C=O) groups excluding carboxylic acids is 1. The van der Waals surface area contributed by atoms with Crippen LogP contribution < -0.4 is 10.2 Å². The molecule has 1 N–H and O–H groups in total. The molecule has 0 aliphatic heterocycles. The minimum Gasteiger partial charge on any atom is -0.363 e. The number of nitrogens with one attached hydrogen (secondary N) is 1. The van der Waals surface area contributed by atoms with Crippen molar-refractivity contribution in [2.75, 3.05) is 19.0 Å². The second-order valence-electron chi connectivity index (χ2n) is 6.83. The molecule has 0 saturated heterocycles. The van der Waals surface area contributed by atoms with Gasteiger partial charge in [-0.3, -0.25) is 4.79 Å². The molecule has 5 nitrogen and oxygen atoms in total. The third-order valence-corrected chi connectivity index (χ3v) is 5.73. The lowest BCUT2D eigenvalue weighted by atomic mass is 10.1. The number of hydrogen-bond donors (Lipinski definition) is 1. The van der Waals surface area contributed by atoms with Gasteiger partial charge in [-0.15, -0.1) is 11.3 Å². The highest BCUT2D eigenvalue weighted by Gasteiger charge is 2.18. The second kappa shape index (κ2) is 7.88. The van der Waals surface area contributed by atoms with Crippen LogP contribution in [0.4, 0.5) is 5.82 Å². The first-order valence-corrected chi connectivity index (χ1v) is 9.65. The van der Waals surface area contributed by atoms with Crippen LogP contribution in [-0.2, 0) is 0 Å². The zero-order valence-electron chi connectivity index (χ0n) is 16.3. The number of benzene rings is 1. The molecule has 140 valence electrons. The van der Waals surface area contributed by atoms with Crippen molar-refractivity contribution < 1.29 is 4.79 Å². The van der Waals surface area contributed by atoms with E-state index in [0.717, 1.165) is 27.0 Å². The van der Waals surface area contributed by atoms with E-state index in [9.17, 15) is 4.79 Å². The van der Waals surface area contributed by atoms with Crippen molar-refractivity contribution in [3.8, 4) is 10.6 Å². The van der Waals surface area contributed by atoms with Gasteiger partial charge in [0, 0.05) is 31.4 Å². The molecule has 1 atom stereocenters. The molecule has 0 aliphatic rings. The summed E-state index contributed by atoms with van der Waals surface area (Å²) in [5.74, 6) is 0.642. The number of thiazole rings is 1. The largest absolute Gasteiger partial charge is 0.363 e. The molecule has 2 aromatic heterocycles. The Kier molecular flexibility index (Phi) is 5.56. The summed E-state index contributed by atoms with van der Waals surface area (Å²) < 4.78 is 0. The molecule has 1 aromatic carbocycles. The van der Waals surface area contributed by atoms with Crippen molar-refractivity contribution in [3.63, 3.8) is 0 Å². The Morgan fingerprint density at radius 1 is 1.15 bits per heavy atom. The van der Waals surface area contributed by atoms with E-state index in [4.69, 9.17) is 4.98 Å². The van der Waals surface area contributed by atoms with Gasteiger partial charge in [-0.1, -0.05) is 29.8 Å². The minimum absolute atomic E-state index is 0.113. The van der Waals surface area contributed by atoms with Crippen LogP contribution in [-0.4, -0.2) is 30.0 Å². The van der Waals surface area contributed by atoms with Gasteiger partial charge in [0.05, 0.1) is 16.6 Å². The topological polar surface area (TPSA) is 58.1 Å². The zero-order valence-corrected chi connectivity index (χ0v) is 17.1. The average Bonchev–Trinajstić information content (AvgIpc) is 3.04. The van der Waals surface area contributed by atoms with Gasteiger partial charge in [0.2, 0.25) is 0 Å². The fourth-order valence-corrected chi connectivity index (χ4v) is 3.85. The Labute approximate surface area is 164 Å². The first-order chi connectivity index (χ1) is 12.8. The number of amides is 1. The van der Waals surface area contributed by atoms with Gasteiger partial charge >= 0.3 is 0 Å². The van der Waals surface area contributed by atoms with Crippen LogP contribution in [0.3, 0.4) is 0 Å². The fourth-order valence-electron chi connectivity index (χ4n) is 2.78. The Bertz CT molecular complexity index is 947. The van der Waals surface area contributed by atoms with Crippen LogP contribution in [0.5, 0.6) is 0 Å². The number of anilines is 1. The van der Waals surface area contributed by atoms with Crippen molar-refractivity contribution >= 4 is 23.1 Å². The van der Waals surface area contributed by atoms with Gasteiger partial charge in [-0.2, -0.15) is 0 Å². The van der Waals surface area contributed by atoms with Gasteiger partial charge in [0.15, 0.2) is 0 Å². The van der Waals surface area contributed by atoms with Crippen LogP contribution in [0.1, 0.15) is 39.5 Å². The summed E-state index contributed by atoms with van der Waals surface area (Å²) in [6.45, 7) is 6.05. The molecule has 3 rings (SSSR count). The molecule has 27 heavy (non-hydrogen) atoms. The van der Waals surface area contributed by atoms with E-state index in [1.165, 1.54) is 5.56 Å². The summed E-state index contributed by atoms with van der Waals surface area (Å²) >= 11 is 1.63. The highest BCUT2D eigenvalue weighted by molar-refractivity contribution is 7.15. The summed E-state index contributed by atoms with van der Waals surface area (Å²) in [4.78, 5) is 24.6. The number of nitrogens with zero attached hydrogens (tertiary/aromatic N) is 3. The lowest BCUT2D eigenvalue weighted by Gasteiger charge is -2.15. The second-order valence-corrected chi connectivity index (χ2v) is 7.86. The SMILES string of the molecule is Cc1ccc(-c2nc(C)c(C(C)NC(=O)c3ccnc(N(C)C)c3)s2)cc1. The number of pyridine rings is 1. The fraction of sp³-hybridized carbons (Fsp3) is 0.286. The summed E-state index contributed by atoms with van der Waals surface area (Å²) in [7, 11) is 3.81. The Morgan fingerprint density at radius 3 is 2.52 bits per heavy atom. The lowest BCUT2D eigenvalue weighted by molar-refractivity contribution is 0.0940. The highest BCUT2D eigenvalue weighted by atomic mass is 32.1. The standard InChI is InChI=1S/C21H24N4OS/c1-13-6-8-16(9-7-13)21-24-15(3)19(27-21)14(2)23-20(26)17-10-11-22-18(12-17)25(4)5/h6-12,14H,1-5H3,(H,23,26). The van der Waals surface area contributed by atoms with Gasteiger partial charge in [0.1, 0.15) is 10.8 Å². The van der Waals surface area contributed by atoms with Crippen LogP contribution in [0.25, 0.3) is 10.6 Å². The van der Waals surface area contributed by atoms with Crippen LogP contribution in [0, 0.1) is 13.8 Å². The monoisotopic (exact) mass is 380 g/mol. The molecule has 1 unspecified atom stereocenters. The van der Waals surface area contributed by atoms with Crippen LogP contribution in [0.15, 0.2) is 42.6 Å². The van der Waals surface area contributed by atoms with Crippen molar-refractivity contribution in [1.82, 2.24) is 15.3 Å². The summed E-state index contributed by atoms with van der Waals surface area (Å²) in [5.41, 5.74) is 3.87. The Balaban J connectivity index is 1.78. The summed E-state index contributed by atoms with van der Waals surface area (Å²) in [6.07, 6.45) is 1.66. The lowest BCUT2D eigenvalue weighted by Crippen LogP contribution is -2.27. The number of rotatable bonds is 5. The first kappa shape index (κ1) is 19.0. The highest BCUT2D eigenvalue weighted by Crippen LogP contribution is 2.32. The van der Waals surface area contributed by atoms with Crippen molar-refractivity contribution in [2.24, 2.45) is 0 Å². The van der Waals surface area contributed by atoms with Crippen molar-refractivity contribution in [2.45, 2.75) is 26.8 Å². The maximum absolute atomic E-state index is 12.7. The molecule has 2 heterocycles. The van der Waals surface area contributed by atoms with E-state index >= 15 is 0 Å². The molecule has 3 aromatic rings. The average molecular weight is 381 g/mol. The predicted octanol–water partition coefficient (Wildman–Crippen LogP) is 4.38.